The largest absolute Gasteiger partial charge is 0.393 e. The number of hydrogen-bond acceptors (Lipinski definition) is 6. The summed E-state index contributed by atoms with van der Waals surface area (Å²) < 4.78 is 1.62. The number of aromatic nitrogens is 3. The van der Waals surface area contributed by atoms with E-state index in [0.29, 0.717) is 12.5 Å². The van der Waals surface area contributed by atoms with Crippen molar-refractivity contribution in [1.82, 2.24) is 25.3 Å². The predicted molar refractivity (Wildman–Crippen MR) is 67.9 cm³/mol. The molecule has 8 nitrogen and oxygen atoms in total. The van der Waals surface area contributed by atoms with Crippen molar-refractivity contribution in [3.63, 3.8) is 0 Å². The molecule has 0 radical (unpaired) electrons. The van der Waals surface area contributed by atoms with E-state index in [9.17, 15) is 9.90 Å². The van der Waals surface area contributed by atoms with Crippen LogP contribution in [0, 0.1) is 5.92 Å². The number of carbonyl (C=O) groups is 1. The predicted octanol–water partition coefficient (Wildman–Crippen LogP) is -1.42. The Kier molecular flexibility index (Phi) is 4.46. The zero-order valence-electron chi connectivity index (χ0n) is 11.0. The first-order chi connectivity index (χ1) is 9.08. The minimum absolute atomic E-state index is 0.106. The van der Waals surface area contributed by atoms with Gasteiger partial charge in [-0.15, -0.1) is 5.10 Å². The van der Waals surface area contributed by atoms with Crippen LogP contribution in [0.1, 0.15) is 23.3 Å². The number of nitrogens with one attached hydrogen (secondary N) is 1. The van der Waals surface area contributed by atoms with Crippen LogP contribution >= 0.6 is 0 Å². The van der Waals surface area contributed by atoms with Gasteiger partial charge in [0.25, 0.3) is 5.91 Å². The fourth-order valence-corrected chi connectivity index (χ4v) is 2.24. The zero-order chi connectivity index (χ0) is 13.8. The number of aliphatic hydroxyl groups is 1. The van der Waals surface area contributed by atoms with Crippen LogP contribution in [0.4, 0.5) is 0 Å². The monoisotopic (exact) mass is 268 g/mol. The molecule has 19 heavy (non-hydrogen) atoms. The quantitative estimate of drug-likeness (QED) is 0.332. The molecule has 4 N–H and O–H groups in total. The van der Waals surface area contributed by atoms with Gasteiger partial charge in [-0.05, 0) is 25.8 Å². The van der Waals surface area contributed by atoms with Crippen molar-refractivity contribution in [1.29, 1.82) is 0 Å². The maximum Gasteiger partial charge on any atom is 0.287 e. The van der Waals surface area contributed by atoms with E-state index in [4.69, 9.17) is 5.84 Å². The summed E-state index contributed by atoms with van der Waals surface area (Å²) in [4.78, 5) is 13.4. The molecule has 0 spiro atoms. The first-order valence-corrected chi connectivity index (χ1v) is 6.36. The van der Waals surface area contributed by atoms with E-state index < -0.39 is 5.91 Å². The average Bonchev–Trinajstić information content (AvgIpc) is 2.82. The highest BCUT2D eigenvalue weighted by molar-refractivity contribution is 5.91. The molecule has 0 unspecified atom stereocenters. The lowest BCUT2D eigenvalue weighted by atomic mass is 9.82. The molecule has 0 aromatic carbocycles. The number of rotatable bonds is 6. The summed E-state index contributed by atoms with van der Waals surface area (Å²) in [6.07, 6.45) is 3.26. The van der Waals surface area contributed by atoms with E-state index in [1.807, 2.05) is 12.5 Å². The second-order valence-electron chi connectivity index (χ2n) is 5.09. The fourth-order valence-electron chi connectivity index (χ4n) is 2.24. The van der Waals surface area contributed by atoms with Crippen LogP contribution in [-0.2, 0) is 6.54 Å². The number of hydrogen-bond donors (Lipinski definition) is 3. The number of nitrogens with zero attached hydrogens (tertiary/aromatic N) is 4. The molecule has 2 rings (SSSR count). The van der Waals surface area contributed by atoms with Crippen LogP contribution in [0.2, 0.25) is 0 Å². The van der Waals surface area contributed by atoms with Crippen LogP contribution in [-0.4, -0.2) is 57.1 Å². The van der Waals surface area contributed by atoms with Crippen LogP contribution in [0.15, 0.2) is 6.20 Å². The molecule has 0 bridgehead atoms. The van der Waals surface area contributed by atoms with Gasteiger partial charge in [0, 0.05) is 13.1 Å². The third kappa shape index (κ3) is 3.72. The number of aliphatic hydroxyl groups excluding tert-OH is 1. The van der Waals surface area contributed by atoms with E-state index >= 15 is 0 Å². The normalized spacial score (nSPS) is 22.3. The van der Waals surface area contributed by atoms with E-state index in [1.165, 1.54) is 0 Å². The average molecular weight is 268 g/mol. The minimum Gasteiger partial charge on any atom is -0.393 e. The molecule has 1 heterocycles. The van der Waals surface area contributed by atoms with Crippen molar-refractivity contribution in [2.75, 3.05) is 20.1 Å². The van der Waals surface area contributed by atoms with Crippen molar-refractivity contribution in [2.45, 2.75) is 25.5 Å². The van der Waals surface area contributed by atoms with Crippen LogP contribution in [0.25, 0.3) is 0 Å². The van der Waals surface area contributed by atoms with Gasteiger partial charge in [-0.25, -0.2) is 5.84 Å². The van der Waals surface area contributed by atoms with Gasteiger partial charge in [0.15, 0.2) is 5.69 Å². The molecule has 1 aromatic rings. The number of hydrazine groups is 1. The number of nitrogens with two attached hydrogens (primary N) is 1. The van der Waals surface area contributed by atoms with E-state index in [2.05, 4.69) is 15.2 Å². The number of carbonyl (C=O) groups excluding carboxylic acids is 1. The highest BCUT2D eigenvalue weighted by atomic mass is 16.3. The van der Waals surface area contributed by atoms with Gasteiger partial charge >= 0.3 is 0 Å². The number of amides is 1. The van der Waals surface area contributed by atoms with Crippen LogP contribution in [0.3, 0.4) is 0 Å². The van der Waals surface area contributed by atoms with Gasteiger partial charge in [-0.3, -0.25) is 14.9 Å². The molecule has 1 aliphatic rings. The Morgan fingerprint density at radius 1 is 1.68 bits per heavy atom. The topological polar surface area (TPSA) is 109 Å². The smallest absolute Gasteiger partial charge is 0.287 e. The van der Waals surface area contributed by atoms with Gasteiger partial charge < -0.3 is 10.0 Å². The second kappa shape index (κ2) is 6.09. The molecule has 0 aliphatic heterocycles. The molecule has 1 fully saturated rings. The van der Waals surface area contributed by atoms with Crippen LogP contribution in [0.5, 0.6) is 0 Å². The first-order valence-electron chi connectivity index (χ1n) is 6.36. The lowest BCUT2D eigenvalue weighted by Crippen LogP contribution is -2.38. The van der Waals surface area contributed by atoms with Crippen molar-refractivity contribution < 1.29 is 9.90 Å². The van der Waals surface area contributed by atoms with E-state index in [0.717, 1.165) is 25.9 Å². The second-order valence-corrected chi connectivity index (χ2v) is 5.09. The summed E-state index contributed by atoms with van der Waals surface area (Å²) in [7, 11) is 2.04. The Labute approximate surface area is 111 Å². The van der Waals surface area contributed by atoms with Gasteiger partial charge in [0.1, 0.15) is 0 Å². The maximum atomic E-state index is 11.2. The molecule has 1 saturated carbocycles. The van der Waals surface area contributed by atoms with Gasteiger partial charge in [0.05, 0.1) is 18.8 Å². The Morgan fingerprint density at radius 2 is 2.42 bits per heavy atom. The molecular weight excluding hydrogens is 248 g/mol. The molecule has 1 aromatic heterocycles. The summed E-state index contributed by atoms with van der Waals surface area (Å²) in [6.45, 7) is 2.46. The highest BCUT2D eigenvalue weighted by Crippen LogP contribution is 2.27. The molecular formula is C11H20N6O2. The zero-order valence-corrected chi connectivity index (χ0v) is 11.0. The summed E-state index contributed by atoms with van der Waals surface area (Å²) in [5.41, 5.74) is 2.23. The lowest BCUT2D eigenvalue weighted by Gasteiger charge is -2.34. The Hall–Kier alpha value is -1.51. The van der Waals surface area contributed by atoms with Gasteiger partial charge in [-0.1, -0.05) is 5.21 Å². The van der Waals surface area contributed by atoms with E-state index in [1.54, 1.807) is 10.9 Å². The first kappa shape index (κ1) is 13.9. The van der Waals surface area contributed by atoms with E-state index in [-0.39, 0.29) is 11.8 Å². The Bertz CT molecular complexity index is 429. The molecule has 106 valence electrons. The van der Waals surface area contributed by atoms with Crippen LogP contribution < -0.4 is 11.3 Å². The summed E-state index contributed by atoms with van der Waals surface area (Å²) >= 11 is 0. The maximum absolute atomic E-state index is 11.2. The van der Waals surface area contributed by atoms with Crippen molar-refractivity contribution in [2.24, 2.45) is 11.8 Å². The Balaban J connectivity index is 1.72. The third-order valence-electron chi connectivity index (χ3n) is 3.39. The van der Waals surface area contributed by atoms with Gasteiger partial charge in [0.2, 0.25) is 0 Å². The number of nitrogen functional groups attached to an aromatic ring is 1. The molecule has 1 aliphatic carbocycles. The summed E-state index contributed by atoms with van der Waals surface area (Å²) in [5, 5.41) is 16.8. The molecule has 0 atom stereocenters. The number of likely N-dealkylation sites (N-methyl/N-ethyl adjacent to an activating group) is 1. The Morgan fingerprint density at radius 3 is 3.05 bits per heavy atom. The van der Waals surface area contributed by atoms with Crippen molar-refractivity contribution in [3.8, 4) is 0 Å². The third-order valence-corrected chi connectivity index (χ3v) is 3.39. The molecule has 0 saturated heterocycles. The molecule has 1 amide bonds. The van der Waals surface area contributed by atoms with Crippen molar-refractivity contribution >= 4 is 5.91 Å². The summed E-state index contributed by atoms with van der Waals surface area (Å²) in [6, 6.07) is 0. The lowest BCUT2D eigenvalue weighted by molar-refractivity contribution is 0.0278. The fraction of sp³-hybridized carbons (Fsp3) is 0.727. The van der Waals surface area contributed by atoms with Crippen molar-refractivity contribution in [3.05, 3.63) is 11.9 Å². The minimum atomic E-state index is -0.442. The highest BCUT2D eigenvalue weighted by Gasteiger charge is 2.27. The summed E-state index contributed by atoms with van der Waals surface area (Å²) in [5.74, 6) is 5.17. The van der Waals surface area contributed by atoms with Gasteiger partial charge in [-0.2, -0.15) is 0 Å². The SMILES string of the molecule is CN(CCn1cc(C(=O)NN)nn1)CC1CC(O)C1. The standard InChI is InChI=1S/C11H20N6O2/c1-16(6-8-4-9(18)5-8)2-3-17-7-10(14-15-17)11(19)13-12/h7-9,18H,2-6,12H2,1H3,(H,13,19). The molecule has 8 heteroatoms.